The molecule has 0 bridgehead atoms. The lowest BCUT2D eigenvalue weighted by atomic mass is 10.0. The van der Waals surface area contributed by atoms with Crippen LogP contribution in [0.5, 0.6) is 0 Å². The average molecular weight is 511 g/mol. The van der Waals surface area contributed by atoms with Crippen LogP contribution in [-0.4, -0.2) is 50.4 Å². The molecular weight excluding hydrogens is 475 g/mol. The van der Waals surface area contributed by atoms with Crippen LogP contribution in [0, 0.1) is 12.2 Å². The van der Waals surface area contributed by atoms with E-state index in [-0.39, 0.29) is 5.95 Å². The third-order valence-corrected chi connectivity index (χ3v) is 6.30. The molecule has 3 heterocycles. The van der Waals surface area contributed by atoms with E-state index in [2.05, 4.69) is 66.4 Å². The van der Waals surface area contributed by atoms with Gasteiger partial charge in [0.15, 0.2) is 0 Å². The molecule has 36 heavy (non-hydrogen) atoms. The zero-order valence-electron chi connectivity index (χ0n) is 21.7. The van der Waals surface area contributed by atoms with Gasteiger partial charge in [0.1, 0.15) is 5.82 Å². The molecule has 1 aliphatic rings. The van der Waals surface area contributed by atoms with Gasteiger partial charge in [-0.15, -0.1) is 0 Å². The second-order valence-corrected chi connectivity index (χ2v) is 9.29. The molecule has 10 heteroatoms. The molecule has 0 saturated carbocycles. The maximum atomic E-state index is 13.3. The molecule has 4 rings (SSSR count). The number of likely N-dealkylation sites (tertiary alicyclic amines) is 1. The zero-order chi connectivity index (χ0) is 26.2. The molecule has 3 aromatic rings. The molecule has 0 atom stereocenters. The van der Waals surface area contributed by atoms with Gasteiger partial charge in [-0.25, -0.2) is 4.98 Å². The van der Waals surface area contributed by atoms with Crippen LogP contribution < -0.4 is 16.0 Å². The Morgan fingerprint density at radius 2 is 1.83 bits per heavy atom. The predicted octanol–water partition coefficient (Wildman–Crippen LogP) is 5.98. The van der Waals surface area contributed by atoms with Crippen LogP contribution in [0.25, 0.3) is 11.3 Å². The normalized spacial score (nSPS) is 13.9. The van der Waals surface area contributed by atoms with Gasteiger partial charge in [0.05, 0.1) is 0 Å². The molecule has 0 amide bonds. The quantitative estimate of drug-likeness (QED) is 0.341. The number of nitrogens with zero attached hydrogens (tertiary/aromatic N) is 5. The van der Waals surface area contributed by atoms with Crippen molar-refractivity contribution in [2.75, 3.05) is 30.8 Å². The molecule has 0 spiro atoms. The smallest absolute Gasteiger partial charge is 0.290 e. The van der Waals surface area contributed by atoms with Crippen molar-refractivity contribution < 1.29 is 4.39 Å². The summed E-state index contributed by atoms with van der Waals surface area (Å²) in [5.41, 5.74) is 5.36. The predicted molar refractivity (Wildman–Crippen MR) is 148 cm³/mol. The van der Waals surface area contributed by atoms with Gasteiger partial charge < -0.3 is 20.9 Å². The zero-order valence-corrected chi connectivity index (χ0v) is 22.5. The Hall–Kier alpha value is -3.37. The van der Waals surface area contributed by atoms with Gasteiger partial charge in [0.2, 0.25) is 11.9 Å². The number of piperidine rings is 1. The molecule has 1 fully saturated rings. The number of benzene rings is 1. The molecule has 3 N–H and O–H groups in total. The lowest BCUT2D eigenvalue weighted by molar-refractivity contribution is 0.245. The Bertz CT molecular complexity index is 1200. The van der Waals surface area contributed by atoms with Crippen molar-refractivity contribution in [1.29, 1.82) is 0 Å². The summed E-state index contributed by atoms with van der Waals surface area (Å²) in [6.07, 6.45) is 3.90. The molecule has 8 nitrogen and oxygen atoms in total. The van der Waals surface area contributed by atoms with E-state index in [1.165, 1.54) is 0 Å². The number of aromatic nitrogens is 4. The number of hydrogen-bond donors (Lipinski definition) is 3. The molecule has 0 unspecified atom stereocenters. The average Bonchev–Trinajstić information content (AvgIpc) is 3.27. The lowest BCUT2D eigenvalue weighted by Crippen LogP contribution is -2.39. The van der Waals surface area contributed by atoms with Crippen molar-refractivity contribution >= 4 is 46.2 Å². The number of nitrogens with one attached hydrogen (secondary N) is 3. The van der Waals surface area contributed by atoms with E-state index < -0.39 is 5.26 Å². The topological polar surface area (TPSA) is 90.9 Å². The molecule has 0 aliphatic carbocycles. The molecule has 2 aromatic heterocycles. The Kier molecular flexibility index (Phi) is 9.49. The van der Waals surface area contributed by atoms with Crippen molar-refractivity contribution in [3.05, 3.63) is 59.5 Å². The second-order valence-electron chi connectivity index (χ2n) is 8.59. The largest absolute Gasteiger partial charge is 0.382 e. The van der Waals surface area contributed by atoms with Gasteiger partial charge in [-0.3, -0.25) is 0 Å². The van der Waals surface area contributed by atoms with Crippen molar-refractivity contribution in [1.82, 2.24) is 29.5 Å². The van der Waals surface area contributed by atoms with Crippen molar-refractivity contribution in [2.24, 2.45) is 0 Å². The summed E-state index contributed by atoms with van der Waals surface area (Å²) in [5.74, 6) is 0.987. The summed E-state index contributed by atoms with van der Waals surface area (Å²) in [7, 11) is 2.16. The van der Waals surface area contributed by atoms with E-state index in [4.69, 9.17) is 0 Å². The Morgan fingerprint density at radius 3 is 2.44 bits per heavy atom. The number of allylic oxidation sites excluding steroid dienone is 1. The summed E-state index contributed by atoms with van der Waals surface area (Å²) in [5, 5.41) is 9.18. The number of anilines is 4. The van der Waals surface area contributed by atoms with Crippen LogP contribution in [-0.2, 0) is 0 Å². The highest BCUT2D eigenvalue weighted by atomic mass is 32.1. The number of aryl methyl sites for hydroxylation is 1. The van der Waals surface area contributed by atoms with Crippen molar-refractivity contribution in [2.45, 2.75) is 46.6 Å². The second kappa shape index (κ2) is 12.5. The lowest BCUT2D eigenvalue weighted by Gasteiger charge is -2.30. The van der Waals surface area contributed by atoms with Crippen LogP contribution in [0.2, 0.25) is 0 Å². The van der Waals surface area contributed by atoms with Gasteiger partial charge in [-0.05, 0) is 75.7 Å². The first-order valence-corrected chi connectivity index (χ1v) is 12.9. The van der Waals surface area contributed by atoms with Gasteiger partial charge in [0, 0.05) is 40.7 Å². The third kappa shape index (κ3) is 7.08. The maximum Gasteiger partial charge on any atom is 0.290 e. The highest BCUT2D eigenvalue weighted by Gasteiger charge is 2.17. The fourth-order valence-corrected chi connectivity index (χ4v) is 4.18. The van der Waals surface area contributed by atoms with Crippen LogP contribution in [0.15, 0.2) is 37.6 Å². The van der Waals surface area contributed by atoms with Gasteiger partial charge in [-0.1, -0.05) is 33.1 Å². The summed E-state index contributed by atoms with van der Waals surface area (Å²) in [6.45, 7) is 18.3. The van der Waals surface area contributed by atoms with E-state index >= 15 is 0 Å². The van der Waals surface area contributed by atoms with Crippen LogP contribution in [0.4, 0.5) is 27.8 Å². The molecule has 1 aliphatic heterocycles. The van der Waals surface area contributed by atoms with E-state index in [0.717, 1.165) is 54.0 Å². The van der Waals surface area contributed by atoms with E-state index in [0.29, 0.717) is 34.9 Å². The molecular formula is C26H35FN8S. The minimum Gasteiger partial charge on any atom is -0.382 e. The van der Waals surface area contributed by atoms with Crippen LogP contribution >= 0.6 is 11.5 Å². The summed E-state index contributed by atoms with van der Waals surface area (Å²) >= 11 is 0.675. The molecule has 1 saturated heterocycles. The minimum absolute atomic E-state index is 0.144. The molecule has 0 radical (unpaired) electrons. The Labute approximate surface area is 217 Å². The number of halogens is 1. The summed E-state index contributed by atoms with van der Waals surface area (Å²) < 4.78 is 17.2. The highest BCUT2D eigenvalue weighted by molar-refractivity contribution is 7.03. The first-order valence-electron chi connectivity index (χ1n) is 12.1. The standard InChI is InChI=1S/C24H29FN8S.C2H6/c1-14(2)19-13-26-23(29-21(19)30-24-31-22(25)34-32-24)28-20-7-6-17(12-15(20)3)16(4)27-18-8-10-33(5)11-9-18;1-2/h6-7,12-13,18,27H,1,4,8-11H2,2-3,5H3,(H2,26,28,29,30,32);1-2H3. The minimum atomic E-state index is -0.616. The molecule has 1 aromatic carbocycles. The van der Waals surface area contributed by atoms with Gasteiger partial charge in [-0.2, -0.15) is 18.7 Å². The van der Waals surface area contributed by atoms with Crippen molar-refractivity contribution in [3.8, 4) is 0 Å². The van der Waals surface area contributed by atoms with E-state index in [1.54, 1.807) is 6.20 Å². The van der Waals surface area contributed by atoms with E-state index in [9.17, 15) is 4.39 Å². The van der Waals surface area contributed by atoms with Gasteiger partial charge in [0.25, 0.3) is 5.26 Å². The highest BCUT2D eigenvalue weighted by Crippen LogP contribution is 2.27. The Balaban J connectivity index is 0.00000176. The fraction of sp³-hybridized carbons (Fsp3) is 0.385. The third-order valence-electron chi connectivity index (χ3n) is 5.80. The SMILES string of the molecule is C=C(NC1CCN(C)CC1)c1ccc(Nc2ncc(C(=C)C)c(Nc3nsc(F)n3)n2)c(C)c1.CC. The van der Waals surface area contributed by atoms with E-state index in [1.807, 2.05) is 39.8 Å². The fourth-order valence-electron chi connectivity index (χ4n) is 3.81. The first-order chi connectivity index (χ1) is 17.3. The monoisotopic (exact) mass is 510 g/mol. The number of hydrogen-bond acceptors (Lipinski definition) is 9. The number of rotatable bonds is 8. The van der Waals surface area contributed by atoms with Crippen LogP contribution in [0.1, 0.15) is 50.3 Å². The summed E-state index contributed by atoms with van der Waals surface area (Å²) in [4.78, 5) is 15.0. The van der Waals surface area contributed by atoms with Gasteiger partial charge >= 0.3 is 0 Å². The summed E-state index contributed by atoms with van der Waals surface area (Å²) in [6, 6.07) is 6.57. The Morgan fingerprint density at radius 1 is 1.11 bits per heavy atom. The maximum absolute atomic E-state index is 13.3. The van der Waals surface area contributed by atoms with Crippen LogP contribution in [0.3, 0.4) is 0 Å². The first kappa shape index (κ1) is 27.2. The molecule has 192 valence electrons. The van der Waals surface area contributed by atoms with Crippen molar-refractivity contribution in [3.63, 3.8) is 0 Å².